The van der Waals surface area contributed by atoms with E-state index < -0.39 is 17.8 Å². The second kappa shape index (κ2) is 9.80. The van der Waals surface area contributed by atoms with Crippen molar-refractivity contribution < 1.29 is 23.9 Å². The van der Waals surface area contributed by atoms with Crippen molar-refractivity contribution in [1.29, 1.82) is 0 Å². The van der Waals surface area contributed by atoms with Crippen molar-refractivity contribution >= 4 is 40.8 Å². The summed E-state index contributed by atoms with van der Waals surface area (Å²) in [5.74, 6) is -0.601. The fraction of sp³-hybridized carbons (Fsp3) is 0.115. The molecule has 1 N–H and O–H groups in total. The summed E-state index contributed by atoms with van der Waals surface area (Å²) in [6, 6.07) is 20.2. The van der Waals surface area contributed by atoms with Crippen molar-refractivity contribution in [2.24, 2.45) is 0 Å². The minimum absolute atomic E-state index is 0.0466. The van der Waals surface area contributed by atoms with Gasteiger partial charge in [-0.05, 0) is 66.6 Å². The van der Waals surface area contributed by atoms with E-state index in [-0.39, 0.29) is 10.7 Å². The first kappa shape index (κ1) is 23.1. The second-order valence-electron chi connectivity index (χ2n) is 7.39. The molecule has 0 aromatic heterocycles. The van der Waals surface area contributed by atoms with Crippen LogP contribution in [0.2, 0.25) is 0 Å². The van der Waals surface area contributed by atoms with Crippen LogP contribution in [0.3, 0.4) is 0 Å². The summed E-state index contributed by atoms with van der Waals surface area (Å²) in [7, 11) is 1.52. The number of anilines is 2. The maximum absolute atomic E-state index is 12.9. The molecule has 0 spiro atoms. The number of ether oxygens (including phenoxy) is 2. The average Bonchev–Trinajstić information content (AvgIpc) is 3.07. The minimum Gasteiger partial charge on any atom is -0.497 e. The standard InChI is InChI=1S/C26H21ClN2O5/c1-3-16-6-4-5-7-21(16)34-26(32)17-8-10-18(11-9-17)28-23-22(27)24(30)29(25(23)31)19-12-14-20(33-2)15-13-19/h4-15,28H,3H2,1-2H3. The van der Waals surface area contributed by atoms with Gasteiger partial charge in [0.25, 0.3) is 11.8 Å². The van der Waals surface area contributed by atoms with Gasteiger partial charge in [-0.1, -0.05) is 36.7 Å². The lowest BCUT2D eigenvalue weighted by atomic mass is 10.1. The number of benzene rings is 3. The molecule has 0 saturated heterocycles. The predicted molar refractivity (Wildman–Crippen MR) is 129 cm³/mol. The van der Waals surface area contributed by atoms with E-state index in [1.165, 1.54) is 7.11 Å². The van der Waals surface area contributed by atoms with E-state index in [0.29, 0.717) is 28.4 Å². The van der Waals surface area contributed by atoms with Gasteiger partial charge >= 0.3 is 5.97 Å². The highest BCUT2D eigenvalue weighted by molar-refractivity contribution is 6.53. The molecule has 1 heterocycles. The Bertz CT molecular complexity index is 1280. The average molecular weight is 477 g/mol. The van der Waals surface area contributed by atoms with Crippen molar-refractivity contribution in [2.75, 3.05) is 17.3 Å². The number of methoxy groups -OCH3 is 1. The fourth-order valence-corrected chi connectivity index (χ4v) is 3.68. The Kier molecular flexibility index (Phi) is 6.65. The zero-order valence-electron chi connectivity index (χ0n) is 18.5. The Labute approximate surface area is 201 Å². The maximum atomic E-state index is 12.9. The van der Waals surface area contributed by atoms with Crippen LogP contribution in [0.1, 0.15) is 22.8 Å². The molecule has 8 heteroatoms. The second-order valence-corrected chi connectivity index (χ2v) is 7.76. The van der Waals surface area contributed by atoms with Gasteiger partial charge < -0.3 is 14.8 Å². The lowest BCUT2D eigenvalue weighted by molar-refractivity contribution is -0.120. The Hall–Kier alpha value is -4.10. The first-order valence-electron chi connectivity index (χ1n) is 10.5. The van der Waals surface area contributed by atoms with Crippen LogP contribution in [-0.2, 0) is 16.0 Å². The van der Waals surface area contributed by atoms with Crippen molar-refractivity contribution in [3.8, 4) is 11.5 Å². The molecular weight excluding hydrogens is 456 g/mol. The van der Waals surface area contributed by atoms with E-state index in [2.05, 4.69) is 5.32 Å². The number of para-hydroxylation sites is 1. The number of hydrogen-bond acceptors (Lipinski definition) is 6. The highest BCUT2D eigenvalue weighted by Gasteiger charge is 2.39. The Morgan fingerprint density at radius 3 is 2.26 bits per heavy atom. The highest BCUT2D eigenvalue weighted by atomic mass is 35.5. The molecule has 0 atom stereocenters. The van der Waals surface area contributed by atoms with Gasteiger partial charge in [-0.3, -0.25) is 9.59 Å². The molecule has 0 fully saturated rings. The quantitative estimate of drug-likeness (QED) is 0.296. The molecule has 1 aliphatic rings. The molecule has 2 amide bonds. The van der Waals surface area contributed by atoms with Gasteiger partial charge in [0.2, 0.25) is 0 Å². The Morgan fingerprint density at radius 2 is 1.62 bits per heavy atom. The van der Waals surface area contributed by atoms with Crippen molar-refractivity contribution in [1.82, 2.24) is 0 Å². The molecule has 0 bridgehead atoms. The Balaban J connectivity index is 1.47. The number of esters is 1. The van der Waals surface area contributed by atoms with Crippen molar-refractivity contribution in [3.63, 3.8) is 0 Å². The molecule has 0 saturated carbocycles. The normalized spacial score (nSPS) is 13.3. The third-order valence-corrected chi connectivity index (χ3v) is 5.65. The molecule has 7 nitrogen and oxygen atoms in total. The van der Waals surface area contributed by atoms with E-state index in [4.69, 9.17) is 21.1 Å². The van der Waals surface area contributed by atoms with Crippen LogP contribution in [0.25, 0.3) is 0 Å². The first-order chi connectivity index (χ1) is 16.4. The first-order valence-corrected chi connectivity index (χ1v) is 10.9. The van der Waals surface area contributed by atoms with E-state index in [9.17, 15) is 14.4 Å². The van der Waals surface area contributed by atoms with Gasteiger partial charge in [0.15, 0.2) is 0 Å². The smallest absolute Gasteiger partial charge is 0.343 e. The van der Waals surface area contributed by atoms with E-state index in [0.717, 1.165) is 16.9 Å². The van der Waals surface area contributed by atoms with Gasteiger partial charge in [0, 0.05) is 5.69 Å². The molecule has 0 unspecified atom stereocenters. The van der Waals surface area contributed by atoms with Gasteiger partial charge in [-0.2, -0.15) is 0 Å². The molecule has 0 aliphatic carbocycles. The number of hydrogen-bond donors (Lipinski definition) is 1. The number of amides is 2. The summed E-state index contributed by atoms with van der Waals surface area (Å²) in [5, 5.41) is 2.66. The number of carbonyl (C=O) groups is 3. The molecule has 1 aliphatic heterocycles. The lowest BCUT2D eigenvalue weighted by Crippen LogP contribution is -2.32. The molecular formula is C26H21ClN2O5. The minimum atomic E-state index is -0.630. The molecule has 172 valence electrons. The molecule has 4 rings (SSSR count). The third-order valence-electron chi connectivity index (χ3n) is 5.30. The zero-order chi connectivity index (χ0) is 24.2. The third kappa shape index (κ3) is 4.51. The molecule has 0 radical (unpaired) electrons. The van der Waals surface area contributed by atoms with Crippen molar-refractivity contribution in [3.05, 3.63) is 94.7 Å². The van der Waals surface area contributed by atoms with Crippen LogP contribution in [0.5, 0.6) is 11.5 Å². The van der Waals surface area contributed by atoms with E-state index >= 15 is 0 Å². The Morgan fingerprint density at radius 1 is 0.941 bits per heavy atom. The van der Waals surface area contributed by atoms with E-state index in [1.54, 1.807) is 60.7 Å². The predicted octanol–water partition coefficient (Wildman–Crippen LogP) is 4.91. The van der Waals surface area contributed by atoms with Gasteiger partial charge in [0.1, 0.15) is 22.2 Å². The summed E-state index contributed by atoms with van der Waals surface area (Å²) in [6.07, 6.45) is 0.739. The summed E-state index contributed by atoms with van der Waals surface area (Å²) < 4.78 is 10.6. The van der Waals surface area contributed by atoms with Crippen LogP contribution in [-0.4, -0.2) is 24.9 Å². The summed E-state index contributed by atoms with van der Waals surface area (Å²) in [4.78, 5) is 39.1. The number of nitrogens with one attached hydrogen (secondary N) is 1. The summed E-state index contributed by atoms with van der Waals surface area (Å²) in [6.45, 7) is 1.98. The topological polar surface area (TPSA) is 84.9 Å². The van der Waals surface area contributed by atoms with Gasteiger partial charge in [-0.15, -0.1) is 0 Å². The van der Waals surface area contributed by atoms with Crippen LogP contribution < -0.4 is 19.7 Å². The SMILES string of the molecule is CCc1ccccc1OC(=O)c1ccc(NC2=C(Cl)C(=O)N(c3ccc(OC)cc3)C2=O)cc1. The number of imide groups is 1. The highest BCUT2D eigenvalue weighted by Crippen LogP contribution is 2.31. The summed E-state index contributed by atoms with van der Waals surface area (Å²) in [5.41, 5.74) is 2.08. The fourth-order valence-electron chi connectivity index (χ4n) is 3.47. The monoisotopic (exact) mass is 476 g/mol. The van der Waals surface area contributed by atoms with Crippen LogP contribution >= 0.6 is 11.6 Å². The largest absolute Gasteiger partial charge is 0.497 e. The molecule has 3 aromatic carbocycles. The summed E-state index contributed by atoms with van der Waals surface area (Å²) >= 11 is 6.18. The molecule has 3 aromatic rings. The van der Waals surface area contributed by atoms with Crippen LogP contribution in [0.4, 0.5) is 11.4 Å². The number of carbonyl (C=O) groups excluding carboxylic acids is 3. The molecule has 34 heavy (non-hydrogen) atoms. The number of nitrogens with zero attached hydrogens (tertiary/aromatic N) is 1. The number of halogens is 1. The van der Waals surface area contributed by atoms with Crippen molar-refractivity contribution in [2.45, 2.75) is 13.3 Å². The number of rotatable bonds is 7. The van der Waals surface area contributed by atoms with Gasteiger partial charge in [-0.25, -0.2) is 9.69 Å². The lowest BCUT2D eigenvalue weighted by Gasteiger charge is -2.15. The van der Waals surface area contributed by atoms with Gasteiger partial charge in [0.05, 0.1) is 18.4 Å². The van der Waals surface area contributed by atoms with Crippen LogP contribution in [0, 0.1) is 0 Å². The zero-order valence-corrected chi connectivity index (χ0v) is 19.3. The van der Waals surface area contributed by atoms with E-state index in [1.807, 2.05) is 19.1 Å². The number of aryl methyl sites for hydroxylation is 1. The maximum Gasteiger partial charge on any atom is 0.343 e. The van der Waals surface area contributed by atoms with Crippen LogP contribution in [0.15, 0.2) is 83.5 Å².